The third kappa shape index (κ3) is 1.41. The van der Waals surface area contributed by atoms with Crippen molar-refractivity contribution in [2.45, 2.75) is 47.7 Å². The van der Waals surface area contributed by atoms with Gasteiger partial charge in [0.1, 0.15) is 0 Å². The van der Waals surface area contributed by atoms with E-state index in [-0.39, 0.29) is 0 Å². The van der Waals surface area contributed by atoms with Gasteiger partial charge >= 0.3 is 35.5 Å². The number of ether oxygens (including phenoxy) is 1. The van der Waals surface area contributed by atoms with Crippen LogP contribution >= 0.6 is 0 Å². The average Bonchev–Trinajstić information content (AvgIpc) is 2.26. The van der Waals surface area contributed by atoms with E-state index in [9.17, 15) is 52.7 Å². The van der Waals surface area contributed by atoms with Crippen LogP contribution in [0.15, 0.2) is 0 Å². The molecule has 0 aromatic heterocycles. The fourth-order valence-electron chi connectivity index (χ4n) is 1.88. The Morgan fingerprint density at radius 2 is 0.619 bits per heavy atom. The Hall–Kier alpha value is -0.880. The standard InChI is InChI=1S/C8H2F12O/c9-3(10)1(4(11,12)7(3,17)18)21-2-5(13,14)8(19,20)6(2,15)16/h1-2H. The summed E-state index contributed by atoms with van der Waals surface area (Å²) in [5.74, 6) is -35.2. The van der Waals surface area contributed by atoms with E-state index in [2.05, 4.69) is 4.74 Å². The van der Waals surface area contributed by atoms with Crippen molar-refractivity contribution in [3.8, 4) is 0 Å². The highest BCUT2D eigenvalue weighted by atomic mass is 19.4. The summed E-state index contributed by atoms with van der Waals surface area (Å²) in [6.07, 6.45) is -8.75. The second-order valence-electron chi connectivity index (χ2n) is 4.54. The first-order valence-corrected chi connectivity index (χ1v) is 4.89. The predicted octanol–water partition coefficient (Wildman–Crippen LogP) is 3.58. The molecule has 0 radical (unpaired) electrons. The smallest absolute Gasteiger partial charge is 0.349 e. The Labute approximate surface area is 106 Å². The maximum atomic E-state index is 12.7. The molecule has 2 fully saturated rings. The first-order chi connectivity index (χ1) is 8.97. The van der Waals surface area contributed by atoms with Gasteiger partial charge in [-0.05, 0) is 0 Å². The number of alkyl halides is 12. The summed E-state index contributed by atoms with van der Waals surface area (Å²) in [6, 6.07) is 0. The quantitative estimate of drug-likeness (QED) is 0.697. The van der Waals surface area contributed by atoms with Gasteiger partial charge in [-0.15, -0.1) is 0 Å². The molecule has 1 nitrogen and oxygen atoms in total. The van der Waals surface area contributed by atoms with Crippen molar-refractivity contribution < 1.29 is 57.4 Å². The molecule has 0 N–H and O–H groups in total. The summed E-state index contributed by atoms with van der Waals surface area (Å²) in [7, 11) is 0. The molecule has 0 amide bonds. The van der Waals surface area contributed by atoms with Crippen LogP contribution in [-0.4, -0.2) is 47.7 Å². The highest BCUT2D eigenvalue weighted by Crippen LogP contribution is 2.67. The highest BCUT2D eigenvalue weighted by molar-refractivity contribution is 5.23. The van der Waals surface area contributed by atoms with Gasteiger partial charge in [-0.25, -0.2) is 0 Å². The normalized spacial score (nSPS) is 34.9. The van der Waals surface area contributed by atoms with Crippen LogP contribution in [-0.2, 0) is 4.74 Å². The van der Waals surface area contributed by atoms with Crippen molar-refractivity contribution in [3.05, 3.63) is 0 Å². The molecule has 0 saturated heterocycles. The van der Waals surface area contributed by atoms with Crippen molar-refractivity contribution in [2.24, 2.45) is 0 Å². The Morgan fingerprint density at radius 1 is 0.429 bits per heavy atom. The minimum Gasteiger partial charge on any atom is -0.349 e. The molecule has 0 atom stereocenters. The van der Waals surface area contributed by atoms with Gasteiger partial charge in [-0.1, -0.05) is 0 Å². The van der Waals surface area contributed by atoms with E-state index in [0.717, 1.165) is 0 Å². The third-order valence-electron chi connectivity index (χ3n) is 3.26. The zero-order valence-corrected chi connectivity index (χ0v) is 9.10. The molecule has 13 heteroatoms. The van der Waals surface area contributed by atoms with Gasteiger partial charge in [-0.3, -0.25) is 0 Å². The largest absolute Gasteiger partial charge is 0.377 e. The minimum absolute atomic E-state index is 2.89. The maximum Gasteiger partial charge on any atom is 0.377 e. The molecule has 21 heavy (non-hydrogen) atoms. The fourth-order valence-corrected chi connectivity index (χ4v) is 1.88. The second kappa shape index (κ2) is 3.54. The summed E-state index contributed by atoms with van der Waals surface area (Å²) >= 11 is 0. The first-order valence-electron chi connectivity index (χ1n) is 4.89. The van der Waals surface area contributed by atoms with Crippen LogP contribution in [0.1, 0.15) is 0 Å². The topological polar surface area (TPSA) is 9.23 Å². The van der Waals surface area contributed by atoms with Gasteiger partial charge in [0.25, 0.3) is 0 Å². The van der Waals surface area contributed by atoms with Crippen LogP contribution in [0.5, 0.6) is 0 Å². The van der Waals surface area contributed by atoms with Crippen molar-refractivity contribution in [1.29, 1.82) is 0 Å². The van der Waals surface area contributed by atoms with Gasteiger partial charge in [0.05, 0.1) is 0 Å². The Kier molecular flexibility index (Phi) is 2.78. The second-order valence-corrected chi connectivity index (χ2v) is 4.54. The molecule has 0 aliphatic heterocycles. The molecule has 2 saturated carbocycles. The van der Waals surface area contributed by atoms with E-state index < -0.39 is 47.7 Å². The molecule has 2 rings (SSSR count). The lowest BCUT2D eigenvalue weighted by Gasteiger charge is -2.55. The average molecular weight is 342 g/mol. The zero-order chi connectivity index (χ0) is 16.9. The molecule has 0 spiro atoms. The molecule has 0 heterocycles. The van der Waals surface area contributed by atoms with Gasteiger partial charge in [-0.2, -0.15) is 52.7 Å². The molecular weight excluding hydrogens is 340 g/mol. The van der Waals surface area contributed by atoms with Crippen LogP contribution in [0.4, 0.5) is 52.7 Å². The summed E-state index contributed by atoms with van der Waals surface area (Å²) in [5, 5.41) is 0. The summed E-state index contributed by atoms with van der Waals surface area (Å²) in [5.41, 5.74) is 0. The minimum atomic E-state index is -6.04. The lowest BCUT2D eigenvalue weighted by molar-refractivity contribution is -0.508. The SMILES string of the molecule is FC1(F)C(OC2C(F)(F)C(F)(F)C2(F)F)C(F)(F)C1(F)F. The molecular formula is C8H2F12O. The first kappa shape index (κ1) is 16.5. The summed E-state index contributed by atoms with van der Waals surface area (Å²) in [6.45, 7) is 0. The predicted molar refractivity (Wildman–Crippen MR) is 38.3 cm³/mol. The number of rotatable bonds is 2. The van der Waals surface area contributed by atoms with Crippen molar-refractivity contribution in [1.82, 2.24) is 0 Å². The van der Waals surface area contributed by atoms with Gasteiger partial charge in [0, 0.05) is 0 Å². The van der Waals surface area contributed by atoms with E-state index in [0.29, 0.717) is 0 Å². The Bertz CT molecular complexity index is 390. The Morgan fingerprint density at radius 3 is 0.810 bits per heavy atom. The number of halogens is 12. The summed E-state index contributed by atoms with van der Waals surface area (Å²) in [4.78, 5) is 0. The van der Waals surface area contributed by atoms with E-state index in [1.165, 1.54) is 0 Å². The lowest BCUT2D eigenvalue weighted by atomic mass is 9.77. The molecule has 124 valence electrons. The maximum absolute atomic E-state index is 12.7. The number of hydrogen-bond donors (Lipinski definition) is 0. The van der Waals surface area contributed by atoms with E-state index in [4.69, 9.17) is 0 Å². The third-order valence-corrected chi connectivity index (χ3v) is 3.26. The zero-order valence-electron chi connectivity index (χ0n) is 9.10. The van der Waals surface area contributed by atoms with Gasteiger partial charge in [0.2, 0.25) is 0 Å². The van der Waals surface area contributed by atoms with Gasteiger partial charge in [0.15, 0.2) is 12.2 Å². The van der Waals surface area contributed by atoms with Crippen LogP contribution in [0.3, 0.4) is 0 Å². The van der Waals surface area contributed by atoms with Crippen LogP contribution in [0, 0.1) is 0 Å². The highest BCUT2D eigenvalue weighted by Gasteiger charge is 2.96. The molecule has 0 unspecified atom stereocenters. The van der Waals surface area contributed by atoms with Gasteiger partial charge < -0.3 is 4.74 Å². The van der Waals surface area contributed by atoms with Crippen LogP contribution in [0.25, 0.3) is 0 Å². The lowest BCUT2D eigenvalue weighted by Crippen LogP contribution is -2.84. The molecule has 0 aromatic carbocycles. The fraction of sp³-hybridized carbons (Fsp3) is 1.00. The van der Waals surface area contributed by atoms with Crippen molar-refractivity contribution in [3.63, 3.8) is 0 Å². The van der Waals surface area contributed by atoms with Crippen LogP contribution < -0.4 is 0 Å². The van der Waals surface area contributed by atoms with Crippen molar-refractivity contribution in [2.75, 3.05) is 0 Å². The van der Waals surface area contributed by atoms with Crippen molar-refractivity contribution >= 4 is 0 Å². The molecule has 0 bridgehead atoms. The Balaban J connectivity index is 2.29. The monoisotopic (exact) mass is 342 g/mol. The molecule has 2 aliphatic carbocycles. The summed E-state index contributed by atoms with van der Waals surface area (Å²) < 4.78 is 154. The number of hydrogen-bond acceptors (Lipinski definition) is 1. The molecule has 2 aliphatic rings. The van der Waals surface area contributed by atoms with E-state index in [1.807, 2.05) is 0 Å². The van der Waals surface area contributed by atoms with E-state index >= 15 is 0 Å². The van der Waals surface area contributed by atoms with E-state index in [1.54, 1.807) is 0 Å². The molecule has 0 aromatic rings. The van der Waals surface area contributed by atoms with Crippen LogP contribution in [0.2, 0.25) is 0 Å².